The molecule has 1 aromatic heterocycles. The number of carbonyl (C=O) groups is 1. The second kappa shape index (κ2) is 8.41. The van der Waals surface area contributed by atoms with Crippen molar-refractivity contribution in [3.8, 4) is 0 Å². The zero-order chi connectivity index (χ0) is 21.3. The van der Waals surface area contributed by atoms with Crippen LogP contribution in [-0.4, -0.2) is 14.7 Å². The number of benzene rings is 3. The van der Waals surface area contributed by atoms with Crippen molar-refractivity contribution in [2.24, 2.45) is 0 Å². The molecule has 3 nitrogen and oxygen atoms in total. The van der Waals surface area contributed by atoms with Gasteiger partial charge in [0.05, 0.1) is 21.2 Å². The Hall–Kier alpha value is -2.98. The average Bonchev–Trinajstić information content (AvgIpc) is 3.14. The van der Waals surface area contributed by atoms with E-state index < -0.39 is 10.8 Å². The van der Waals surface area contributed by atoms with Gasteiger partial charge in [-0.25, -0.2) is 4.21 Å². The molecule has 0 aliphatic carbocycles. The summed E-state index contributed by atoms with van der Waals surface area (Å²) in [4.78, 5) is 14.6. The number of aryl methyl sites for hydroxylation is 2. The Morgan fingerprint density at radius 1 is 0.900 bits per heavy atom. The SMILES string of the molecule is Cc1ccc([C@H](C)CC(=O)n2cc([S@@](=O)c3ccc(C)cc3)c3ccccc32)cc1. The third kappa shape index (κ3) is 4.01. The standard InChI is InChI=1S/C26H25NO2S/c1-18-8-12-21(13-9-18)20(3)16-26(28)27-17-25(23-6-4-5-7-24(23)27)30(29)22-14-10-19(2)11-15-22/h4-15,17,20H,16H2,1-3H3/t20-,30+/m1/s1. The fourth-order valence-electron chi connectivity index (χ4n) is 3.66. The molecule has 0 spiro atoms. The minimum absolute atomic E-state index is 0.00595. The topological polar surface area (TPSA) is 39.1 Å². The van der Waals surface area contributed by atoms with Crippen LogP contribution in [0.3, 0.4) is 0 Å². The molecule has 152 valence electrons. The van der Waals surface area contributed by atoms with E-state index in [2.05, 4.69) is 38.1 Å². The van der Waals surface area contributed by atoms with Crippen LogP contribution in [0, 0.1) is 13.8 Å². The molecular weight excluding hydrogens is 390 g/mol. The van der Waals surface area contributed by atoms with Gasteiger partial charge in [0.15, 0.2) is 0 Å². The summed E-state index contributed by atoms with van der Waals surface area (Å²) in [7, 11) is -1.35. The van der Waals surface area contributed by atoms with Crippen LogP contribution < -0.4 is 0 Å². The monoisotopic (exact) mass is 415 g/mol. The van der Waals surface area contributed by atoms with Crippen LogP contribution in [0.15, 0.2) is 88.8 Å². The van der Waals surface area contributed by atoms with Crippen LogP contribution in [-0.2, 0) is 10.8 Å². The molecule has 2 atom stereocenters. The van der Waals surface area contributed by atoms with Gasteiger partial charge in [0.25, 0.3) is 0 Å². The third-order valence-corrected chi connectivity index (χ3v) is 6.93. The summed E-state index contributed by atoms with van der Waals surface area (Å²) in [6.07, 6.45) is 2.14. The highest BCUT2D eigenvalue weighted by atomic mass is 32.2. The van der Waals surface area contributed by atoms with Gasteiger partial charge in [0.1, 0.15) is 0 Å². The lowest BCUT2D eigenvalue weighted by atomic mass is 9.96. The Kier molecular flexibility index (Phi) is 5.69. The highest BCUT2D eigenvalue weighted by molar-refractivity contribution is 7.85. The number of hydrogen-bond donors (Lipinski definition) is 0. The first kappa shape index (κ1) is 20.3. The van der Waals surface area contributed by atoms with Gasteiger partial charge < -0.3 is 0 Å². The fraction of sp³-hybridized carbons (Fsp3) is 0.192. The van der Waals surface area contributed by atoms with Crippen molar-refractivity contribution in [1.29, 1.82) is 0 Å². The molecule has 4 aromatic rings. The number of rotatable bonds is 5. The predicted molar refractivity (Wildman–Crippen MR) is 123 cm³/mol. The van der Waals surface area contributed by atoms with Gasteiger partial charge in [-0.2, -0.15) is 0 Å². The maximum Gasteiger partial charge on any atom is 0.231 e. The summed E-state index contributed by atoms with van der Waals surface area (Å²) in [6.45, 7) is 6.13. The van der Waals surface area contributed by atoms with Crippen molar-refractivity contribution in [3.05, 3.63) is 95.7 Å². The number of fused-ring (bicyclic) bond motifs is 1. The molecule has 0 aliphatic heterocycles. The van der Waals surface area contributed by atoms with E-state index in [1.54, 1.807) is 10.8 Å². The number of nitrogens with zero attached hydrogens (tertiary/aromatic N) is 1. The maximum atomic E-state index is 13.3. The van der Waals surface area contributed by atoms with Crippen molar-refractivity contribution in [2.45, 2.75) is 42.9 Å². The van der Waals surface area contributed by atoms with Crippen molar-refractivity contribution in [3.63, 3.8) is 0 Å². The zero-order valence-electron chi connectivity index (χ0n) is 17.5. The molecule has 3 aromatic carbocycles. The van der Waals surface area contributed by atoms with Crippen molar-refractivity contribution in [1.82, 2.24) is 4.57 Å². The van der Waals surface area contributed by atoms with Crippen LogP contribution >= 0.6 is 0 Å². The van der Waals surface area contributed by atoms with E-state index in [-0.39, 0.29) is 11.8 Å². The molecule has 0 bridgehead atoms. The Balaban J connectivity index is 1.67. The lowest BCUT2D eigenvalue weighted by molar-refractivity contribution is 0.0900. The minimum Gasteiger partial charge on any atom is -0.286 e. The van der Waals surface area contributed by atoms with Crippen LogP contribution in [0.25, 0.3) is 10.9 Å². The molecule has 0 radical (unpaired) electrons. The van der Waals surface area contributed by atoms with Gasteiger partial charge >= 0.3 is 0 Å². The fourth-order valence-corrected chi connectivity index (χ4v) is 4.88. The van der Waals surface area contributed by atoms with Crippen molar-refractivity contribution < 1.29 is 9.00 Å². The quantitative estimate of drug-likeness (QED) is 0.386. The van der Waals surface area contributed by atoms with Gasteiger partial charge in [-0.05, 0) is 43.5 Å². The lowest BCUT2D eigenvalue weighted by Crippen LogP contribution is -2.12. The summed E-state index contributed by atoms with van der Waals surface area (Å²) >= 11 is 0. The van der Waals surface area contributed by atoms with Crippen molar-refractivity contribution in [2.75, 3.05) is 0 Å². The molecule has 1 heterocycles. The Morgan fingerprint density at radius 2 is 1.50 bits per heavy atom. The van der Waals surface area contributed by atoms with Gasteiger partial charge in [0.2, 0.25) is 5.91 Å². The first-order chi connectivity index (χ1) is 14.4. The molecule has 0 fully saturated rings. The summed E-state index contributed by atoms with van der Waals surface area (Å²) in [5.74, 6) is 0.108. The highest BCUT2D eigenvalue weighted by Gasteiger charge is 2.20. The van der Waals surface area contributed by atoms with Crippen molar-refractivity contribution >= 4 is 27.6 Å². The number of aromatic nitrogens is 1. The molecular formula is C26H25NO2S. The third-order valence-electron chi connectivity index (χ3n) is 5.51. The van der Waals surface area contributed by atoms with Crippen LogP contribution in [0.4, 0.5) is 0 Å². The molecule has 30 heavy (non-hydrogen) atoms. The molecule has 0 N–H and O–H groups in total. The van der Waals surface area contributed by atoms with Gasteiger partial charge in [0, 0.05) is 22.9 Å². The molecule has 0 amide bonds. The molecule has 4 heteroatoms. The van der Waals surface area contributed by atoms with Crippen LogP contribution in [0.1, 0.15) is 40.7 Å². The molecule has 0 saturated carbocycles. The molecule has 4 rings (SSSR count). The van der Waals surface area contributed by atoms with Crippen LogP contribution in [0.2, 0.25) is 0 Å². The van der Waals surface area contributed by atoms with E-state index in [0.29, 0.717) is 11.3 Å². The summed E-state index contributed by atoms with van der Waals surface area (Å²) in [5, 5.41) is 0.854. The first-order valence-electron chi connectivity index (χ1n) is 10.1. The smallest absolute Gasteiger partial charge is 0.231 e. The van der Waals surface area contributed by atoms with E-state index >= 15 is 0 Å². The number of carbonyl (C=O) groups excluding carboxylic acids is 1. The molecule has 0 saturated heterocycles. The van der Waals surface area contributed by atoms with Gasteiger partial charge in [-0.3, -0.25) is 9.36 Å². The average molecular weight is 416 g/mol. The highest BCUT2D eigenvalue weighted by Crippen LogP contribution is 2.29. The second-order valence-corrected chi connectivity index (χ2v) is 9.32. The Bertz CT molecular complexity index is 1220. The molecule has 0 unspecified atom stereocenters. The number of hydrogen-bond acceptors (Lipinski definition) is 2. The van der Waals surface area contributed by atoms with E-state index in [4.69, 9.17) is 0 Å². The molecule has 0 aliphatic rings. The summed E-state index contributed by atoms with van der Waals surface area (Å²) in [5.41, 5.74) is 4.28. The minimum atomic E-state index is -1.35. The number of para-hydroxylation sites is 1. The van der Waals surface area contributed by atoms with E-state index in [1.807, 2.05) is 55.5 Å². The summed E-state index contributed by atoms with van der Waals surface area (Å²) in [6, 6.07) is 23.7. The predicted octanol–water partition coefficient (Wildman–Crippen LogP) is 6.26. The second-order valence-electron chi connectivity index (χ2n) is 7.87. The normalized spacial score (nSPS) is 13.3. The van der Waals surface area contributed by atoms with Gasteiger partial charge in [-0.15, -0.1) is 0 Å². The maximum absolute atomic E-state index is 13.3. The lowest BCUT2D eigenvalue weighted by Gasteiger charge is -2.12. The van der Waals surface area contributed by atoms with Gasteiger partial charge in [-0.1, -0.05) is 72.6 Å². The first-order valence-corrected chi connectivity index (χ1v) is 11.3. The van der Waals surface area contributed by atoms with Crippen LogP contribution in [0.5, 0.6) is 0 Å². The summed E-state index contributed by atoms with van der Waals surface area (Å²) < 4.78 is 14.9. The largest absolute Gasteiger partial charge is 0.286 e. The van der Waals surface area contributed by atoms with E-state index in [0.717, 1.165) is 26.9 Å². The Labute approximate surface area is 179 Å². The Morgan fingerprint density at radius 3 is 2.17 bits per heavy atom. The van der Waals surface area contributed by atoms with E-state index in [1.165, 1.54) is 5.56 Å². The zero-order valence-corrected chi connectivity index (χ0v) is 18.3. The van der Waals surface area contributed by atoms with E-state index in [9.17, 15) is 9.00 Å².